The summed E-state index contributed by atoms with van der Waals surface area (Å²) < 4.78 is 2.16. The third-order valence-corrected chi connectivity index (χ3v) is 25.6. The molecule has 2 aliphatic carbocycles. The SMILES string of the molecule is CC(C)(C)c1ccc2c(c1)[CH]([Zr]([Cl])([Cl])(=[CH]c1ccc(Cl)cc1)[CH]1C=CC=C1)c1cc(C(C)(C)C)ccc1-2. The van der Waals surface area contributed by atoms with Crippen molar-refractivity contribution in [1.82, 2.24) is 0 Å². The zero-order valence-corrected chi connectivity index (χ0v) is 27.2. The molecule has 0 fully saturated rings. The van der Waals surface area contributed by atoms with Crippen molar-refractivity contribution in [2.24, 2.45) is 0 Å². The van der Waals surface area contributed by atoms with Crippen LogP contribution in [0, 0.1) is 0 Å². The molecule has 5 rings (SSSR count). The maximum absolute atomic E-state index is 8.15. The molecule has 0 atom stereocenters. The van der Waals surface area contributed by atoms with E-state index in [4.69, 9.17) is 28.6 Å². The van der Waals surface area contributed by atoms with Gasteiger partial charge in [0.25, 0.3) is 0 Å². The number of rotatable bonds is 3. The topological polar surface area (TPSA) is 0 Å². The van der Waals surface area contributed by atoms with E-state index in [2.05, 4.69) is 106 Å². The number of allylic oxidation sites excluding steroid dienone is 4. The fraction of sp³-hybridized carbons (Fsp3) is 0.303. The zero-order valence-electron chi connectivity index (χ0n) is 22.4. The summed E-state index contributed by atoms with van der Waals surface area (Å²) in [6.07, 6.45) is 8.59. The summed E-state index contributed by atoms with van der Waals surface area (Å²) in [5.74, 6) is 0. The van der Waals surface area contributed by atoms with Gasteiger partial charge in [-0.1, -0.05) is 0 Å². The van der Waals surface area contributed by atoms with Crippen molar-refractivity contribution >= 4 is 32.3 Å². The van der Waals surface area contributed by atoms with Crippen LogP contribution in [-0.4, -0.2) is 3.71 Å². The number of benzene rings is 3. The molecule has 0 heterocycles. The molecule has 4 heteroatoms. The van der Waals surface area contributed by atoms with Crippen molar-refractivity contribution in [3.63, 3.8) is 0 Å². The molecule has 0 amide bonds. The normalized spacial score (nSPS) is 16.3. The summed E-state index contributed by atoms with van der Waals surface area (Å²) in [4.78, 5) is 0. The van der Waals surface area contributed by atoms with Crippen molar-refractivity contribution in [3.8, 4) is 11.1 Å². The summed E-state index contributed by atoms with van der Waals surface area (Å²) in [6.45, 7) is 13.6. The van der Waals surface area contributed by atoms with Crippen LogP contribution in [0.25, 0.3) is 11.1 Å². The first-order valence-electron chi connectivity index (χ1n) is 13.0. The number of hydrogen-bond donors (Lipinski definition) is 0. The fourth-order valence-corrected chi connectivity index (χ4v) is 22.3. The van der Waals surface area contributed by atoms with Crippen LogP contribution in [0.4, 0.5) is 0 Å². The Labute approximate surface area is 235 Å². The molecule has 0 spiro atoms. The number of fused-ring (bicyclic) bond motifs is 3. The van der Waals surface area contributed by atoms with Crippen molar-refractivity contribution in [2.45, 2.75) is 59.6 Å². The number of halogens is 3. The Balaban J connectivity index is 1.88. The predicted octanol–water partition coefficient (Wildman–Crippen LogP) is 10.8. The van der Waals surface area contributed by atoms with Crippen LogP contribution in [0.15, 0.2) is 85.0 Å². The van der Waals surface area contributed by atoms with Gasteiger partial charge in [-0.05, 0) is 0 Å². The molecule has 0 saturated carbocycles. The Morgan fingerprint density at radius 1 is 0.676 bits per heavy atom. The molecule has 0 radical (unpaired) electrons. The average Bonchev–Trinajstić information content (AvgIpc) is 3.46. The molecular formula is C33H35Cl3Zr. The summed E-state index contributed by atoms with van der Waals surface area (Å²) in [5.41, 5.74) is 8.71. The van der Waals surface area contributed by atoms with Gasteiger partial charge in [0, 0.05) is 0 Å². The van der Waals surface area contributed by atoms with Crippen molar-refractivity contribution in [3.05, 3.63) is 118 Å². The van der Waals surface area contributed by atoms with Gasteiger partial charge >= 0.3 is 237 Å². The third kappa shape index (κ3) is 4.84. The zero-order chi connectivity index (χ0) is 26.8. The molecule has 192 valence electrons. The Hall–Kier alpha value is -1.24. The van der Waals surface area contributed by atoms with E-state index in [1.807, 2.05) is 24.3 Å². The molecule has 3 aromatic rings. The van der Waals surface area contributed by atoms with Crippen LogP contribution >= 0.6 is 28.6 Å². The molecule has 0 aromatic heterocycles. The molecule has 0 bridgehead atoms. The van der Waals surface area contributed by atoms with Gasteiger partial charge in [-0.2, -0.15) is 0 Å². The minimum atomic E-state index is -4.93. The van der Waals surface area contributed by atoms with Crippen LogP contribution < -0.4 is 0 Å². The Bertz CT molecular complexity index is 1430. The summed E-state index contributed by atoms with van der Waals surface area (Å²) in [5, 5.41) is 0.706. The van der Waals surface area contributed by atoms with E-state index in [1.165, 1.54) is 33.4 Å². The number of hydrogen-bond acceptors (Lipinski definition) is 0. The molecule has 37 heavy (non-hydrogen) atoms. The van der Waals surface area contributed by atoms with Crippen LogP contribution in [0.1, 0.15) is 73.0 Å². The van der Waals surface area contributed by atoms with Crippen molar-refractivity contribution < 1.29 is 15.9 Å². The van der Waals surface area contributed by atoms with Crippen LogP contribution in [0.5, 0.6) is 0 Å². The molecule has 0 N–H and O–H groups in total. The molecular weight excluding hydrogens is 594 g/mol. The van der Waals surface area contributed by atoms with Crippen LogP contribution in [-0.2, 0) is 26.7 Å². The summed E-state index contributed by atoms with van der Waals surface area (Å²) >= 11 is 1.31. The van der Waals surface area contributed by atoms with E-state index < -0.39 is 15.9 Å². The van der Waals surface area contributed by atoms with Crippen molar-refractivity contribution in [1.29, 1.82) is 0 Å². The summed E-state index contributed by atoms with van der Waals surface area (Å²) in [7, 11) is 16.3. The first-order valence-corrected chi connectivity index (χ1v) is 24.0. The quantitative estimate of drug-likeness (QED) is 0.271. The van der Waals surface area contributed by atoms with E-state index >= 15 is 0 Å². The van der Waals surface area contributed by atoms with Gasteiger partial charge in [-0.25, -0.2) is 0 Å². The molecule has 3 aromatic carbocycles. The van der Waals surface area contributed by atoms with Gasteiger partial charge in [0.2, 0.25) is 0 Å². The van der Waals surface area contributed by atoms with E-state index in [-0.39, 0.29) is 18.1 Å². The minimum absolute atomic E-state index is 0.0131. The van der Waals surface area contributed by atoms with Crippen molar-refractivity contribution in [2.75, 3.05) is 0 Å². The van der Waals surface area contributed by atoms with Crippen LogP contribution in [0.2, 0.25) is 8.65 Å². The molecule has 0 unspecified atom stereocenters. The fourth-order valence-electron chi connectivity index (χ4n) is 5.84. The standard InChI is InChI=1S/C21H25.C7H5Cl.C5H5.2ClH.Zr/c1-20(2,3)16-7-9-18-14(12-16)11-15-13-17(21(4,5)6)8-10-19(15)18;1-6-2-4-7(8)5-3-6;1-2-4-5-3-1;;;/h7-13H,1-6H3;1-5H;1-5H;2*1H;/q;;;;;+2/p-2. The van der Waals surface area contributed by atoms with Gasteiger partial charge in [-0.15, -0.1) is 0 Å². The van der Waals surface area contributed by atoms with Gasteiger partial charge in [-0.3, -0.25) is 0 Å². The van der Waals surface area contributed by atoms with E-state index in [0.29, 0.717) is 5.02 Å². The Morgan fingerprint density at radius 2 is 1.14 bits per heavy atom. The molecule has 0 aliphatic heterocycles. The molecule has 2 aliphatic rings. The predicted molar refractivity (Wildman–Crippen MR) is 161 cm³/mol. The summed E-state index contributed by atoms with van der Waals surface area (Å²) in [6, 6.07) is 21.8. The molecule has 0 nitrogen and oxygen atoms in total. The van der Waals surface area contributed by atoms with Crippen LogP contribution in [0.3, 0.4) is 0 Å². The second-order valence-electron chi connectivity index (χ2n) is 12.8. The maximum atomic E-state index is 8.15. The third-order valence-electron chi connectivity index (χ3n) is 8.00. The first kappa shape index (κ1) is 27.3. The first-order chi connectivity index (χ1) is 17.2. The Kier molecular flexibility index (Phi) is 6.77. The van der Waals surface area contributed by atoms with Gasteiger partial charge in [0.15, 0.2) is 0 Å². The van der Waals surface area contributed by atoms with E-state index in [9.17, 15) is 0 Å². The monoisotopic (exact) mass is 626 g/mol. The second kappa shape index (κ2) is 9.16. The van der Waals surface area contributed by atoms with E-state index in [0.717, 1.165) is 5.56 Å². The Morgan fingerprint density at radius 3 is 1.57 bits per heavy atom. The van der Waals surface area contributed by atoms with Gasteiger partial charge < -0.3 is 0 Å². The van der Waals surface area contributed by atoms with Gasteiger partial charge in [0.1, 0.15) is 0 Å². The second-order valence-corrected chi connectivity index (χ2v) is 34.1. The van der Waals surface area contributed by atoms with Gasteiger partial charge in [0.05, 0.1) is 0 Å². The van der Waals surface area contributed by atoms with E-state index in [1.54, 1.807) is 0 Å². The average molecular weight is 629 g/mol. The molecule has 0 saturated heterocycles.